The average molecular weight is 1070 g/mol. The highest BCUT2D eigenvalue weighted by Gasteiger charge is 2.47. The standard InChI is InChI=1S/C54H62N11O11P/c1-31-25-59(34-12-14-61-36(21-34)29-75-48-39-27-64(50(68)38(39)6-7-42(48)61)43-8-10-47(67)65(52(43)70)30-76-77(72,73)74)15-16-60(31)35-5-9-46(56-24-35)57-41-19-33(26-58(4)51(41)69)37-11-13-55-49(40(37)28-66)63-18-17-62-44(53(63)71)20-32-22-54(2,3)23-45(32)62/h5-7,9,11,13,19-20,24,26,31,34,36,43,66H,8,10,12,14-18,21-23,25,27-30H2,1-4H3,(H,56,57)(H2,72,73,74)/t31-,34-,36+,43-/m0/s1. The molecular formula is C54H62N11O11P. The summed E-state index contributed by atoms with van der Waals surface area (Å²) in [6.45, 7) is 10.3. The predicted octanol–water partition coefficient (Wildman–Crippen LogP) is 4.15. The molecule has 4 N–H and O–H groups in total. The first kappa shape index (κ1) is 50.9. The smallest absolute Gasteiger partial charge is 0.471 e. The number of aliphatic hydroxyl groups is 1. The van der Waals surface area contributed by atoms with Crippen LogP contribution in [0.4, 0.5) is 28.7 Å². The van der Waals surface area contributed by atoms with Crippen LogP contribution >= 0.6 is 7.82 Å². The van der Waals surface area contributed by atoms with Crippen molar-refractivity contribution in [1.29, 1.82) is 0 Å². The Morgan fingerprint density at radius 3 is 2.49 bits per heavy atom. The quantitative estimate of drug-likeness (QED) is 0.107. The van der Waals surface area contributed by atoms with Crippen LogP contribution in [0.15, 0.2) is 65.8 Å². The van der Waals surface area contributed by atoms with Gasteiger partial charge >= 0.3 is 7.82 Å². The Labute approximate surface area is 444 Å². The molecule has 7 aliphatic rings. The lowest BCUT2D eigenvalue weighted by atomic mass is 9.90. The van der Waals surface area contributed by atoms with E-state index in [1.165, 1.54) is 20.7 Å². The number of ether oxygens (including phenoxy) is 1. The molecule has 23 heteroatoms. The first-order valence-corrected chi connectivity index (χ1v) is 27.8. The lowest BCUT2D eigenvalue weighted by Crippen LogP contribution is -2.59. The Morgan fingerprint density at radius 2 is 1.73 bits per heavy atom. The number of hydrogen-bond donors (Lipinski definition) is 4. The average Bonchev–Trinajstić information content (AvgIpc) is 4.19. The number of pyridine rings is 3. The minimum absolute atomic E-state index is 0.0855. The lowest BCUT2D eigenvalue weighted by molar-refractivity contribution is -0.156. The van der Waals surface area contributed by atoms with Crippen LogP contribution in [-0.2, 0) is 58.3 Å². The third kappa shape index (κ3) is 9.07. The largest absolute Gasteiger partial charge is 0.489 e. The summed E-state index contributed by atoms with van der Waals surface area (Å²) in [6.07, 6.45) is 8.87. The number of piperidine rings is 2. The van der Waals surface area contributed by atoms with Crippen molar-refractivity contribution in [3.05, 3.63) is 105 Å². The van der Waals surface area contributed by atoms with Gasteiger partial charge in [0.2, 0.25) is 5.91 Å². The Kier molecular flexibility index (Phi) is 12.7. The van der Waals surface area contributed by atoms with Crippen LogP contribution in [0.5, 0.6) is 5.75 Å². The highest BCUT2D eigenvalue weighted by atomic mass is 31.2. The number of anilines is 5. The molecule has 10 heterocycles. The monoisotopic (exact) mass is 1070 g/mol. The van der Waals surface area contributed by atoms with Gasteiger partial charge in [0.1, 0.15) is 48.1 Å². The second-order valence-electron chi connectivity index (χ2n) is 22.2. The van der Waals surface area contributed by atoms with Gasteiger partial charge in [-0.05, 0) is 98.0 Å². The molecule has 3 fully saturated rings. The molecule has 0 radical (unpaired) electrons. The number of phosphoric acid groups is 1. The maximum atomic E-state index is 14.0. The van der Waals surface area contributed by atoms with E-state index in [-0.39, 0.29) is 60.9 Å². The number of fused-ring (bicyclic) bond motifs is 8. The van der Waals surface area contributed by atoms with E-state index in [1.807, 2.05) is 30.5 Å². The van der Waals surface area contributed by atoms with E-state index >= 15 is 0 Å². The number of imide groups is 1. The number of rotatable bonds is 11. The van der Waals surface area contributed by atoms with Gasteiger partial charge in [-0.15, -0.1) is 0 Å². The molecule has 77 heavy (non-hydrogen) atoms. The van der Waals surface area contributed by atoms with Crippen molar-refractivity contribution in [2.75, 3.05) is 66.1 Å². The van der Waals surface area contributed by atoms with Gasteiger partial charge in [0, 0.05) is 105 Å². The molecule has 1 aliphatic carbocycles. The van der Waals surface area contributed by atoms with Crippen LogP contribution in [0, 0.1) is 5.41 Å². The van der Waals surface area contributed by atoms with E-state index in [0.717, 1.165) is 63.2 Å². The first-order chi connectivity index (χ1) is 36.8. The third-order valence-electron chi connectivity index (χ3n) is 16.8. The molecule has 4 atom stereocenters. The maximum absolute atomic E-state index is 14.0. The molecule has 12 rings (SSSR count). The Morgan fingerprint density at radius 1 is 0.896 bits per heavy atom. The van der Waals surface area contributed by atoms with Gasteiger partial charge in [-0.2, -0.15) is 0 Å². The molecule has 5 aromatic rings. The Bertz CT molecular complexity index is 3370. The molecule has 4 aromatic heterocycles. The van der Waals surface area contributed by atoms with Crippen molar-refractivity contribution >= 4 is 60.1 Å². The molecule has 3 saturated heterocycles. The second-order valence-corrected chi connectivity index (χ2v) is 23.5. The van der Waals surface area contributed by atoms with Gasteiger partial charge in [-0.3, -0.25) is 43.2 Å². The number of nitrogens with one attached hydrogen (secondary N) is 1. The fourth-order valence-corrected chi connectivity index (χ4v) is 13.3. The molecule has 1 aromatic carbocycles. The number of piperazine rings is 1. The van der Waals surface area contributed by atoms with Gasteiger partial charge < -0.3 is 48.8 Å². The lowest BCUT2D eigenvalue weighted by Gasteiger charge is -2.50. The molecule has 0 unspecified atom stereocenters. The van der Waals surface area contributed by atoms with E-state index in [1.54, 1.807) is 42.5 Å². The van der Waals surface area contributed by atoms with E-state index in [2.05, 4.69) is 54.9 Å². The minimum Gasteiger partial charge on any atom is -0.489 e. The first-order valence-electron chi connectivity index (χ1n) is 26.3. The Hall–Kier alpha value is -6.94. The molecule has 4 amide bonds. The Balaban J connectivity index is 0.676. The van der Waals surface area contributed by atoms with Crippen molar-refractivity contribution in [2.45, 2.75) is 103 Å². The highest BCUT2D eigenvalue weighted by Crippen LogP contribution is 2.46. The van der Waals surface area contributed by atoms with Gasteiger partial charge in [0.15, 0.2) is 0 Å². The van der Waals surface area contributed by atoms with E-state index in [4.69, 9.17) is 19.5 Å². The third-order valence-corrected chi connectivity index (χ3v) is 17.2. The molecule has 404 valence electrons. The maximum Gasteiger partial charge on any atom is 0.471 e. The van der Waals surface area contributed by atoms with Crippen LogP contribution in [0.3, 0.4) is 0 Å². The highest BCUT2D eigenvalue weighted by molar-refractivity contribution is 7.46. The summed E-state index contributed by atoms with van der Waals surface area (Å²) in [7, 11) is -3.27. The van der Waals surface area contributed by atoms with Crippen LogP contribution in [0.2, 0.25) is 0 Å². The summed E-state index contributed by atoms with van der Waals surface area (Å²) in [5.74, 6) is -0.363. The number of aliphatic hydroxyl groups excluding tert-OH is 1. The number of phosphoric ester groups is 1. The number of nitrogens with zero attached hydrogens (tertiary/aromatic N) is 10. The minimum atomic E-state index is -4.95. The molecule has 0 bridgehead atoms. The van der Waals surface area contributed by atoms with Crippen molar-refractivity contribution < 1.29 is 47.9 Å². The number of amides is 4. The predicted molar refractivity (Wildman–Crippen MR) is 283 cm³/mol. The van der Waals surface area contributed by atoms with Crippen LogP contribution in [0.25, 0.3) is 11.1 Å². The van der Waals surface area contributed by atoms with E-state index in [0.29, 0.717) is 87.2 Å². The van der Waals surface area contributed by atoms with Crippen LogP contribution in [-0.4, -0.2) is 143 Å². The molecular weight excluding hydrogens is 1010 g/mol. The fourth-order valence-electron chi connectivity index (χ4n) is 13.1. The van der Waals surface area contributed by atoms with Gasteiger partial charge in [-0.25, -0.2) is 14.5 Å². The number of aromatic nitrogens is 4. The van der Waals surface area contributed by atoms with Gasteiger partial charge in [0.25, 0.3) is 23.3 Å². The summed E-state index contributed by atoms with van der Waals surface area (Å²) in [6, 6.07) is 12.8. The molecule has 6 aliphatic heterocycles. The number of benzene rings is 1. The van der Waals surface area contributed by atoms with Crippen molar-refractivity contribution in [1.82, 2.24) is 33.8 Å². The van der Waals surface area contributed by atoms with Gasteiger partial charge in [0.05, 0.1) is 36.8 Å². The second kappa shape index (κ2) is 19.2. The zero-order chi connectivity index (χ0) is 53.8. The van der Waals surface area contributed by atoms with Gasteiger partial charge in [-0.1, -0.05) is 13.8 Å². The topological polar surface area (TPSA) is 249 Å². The van der Waals surface area contributed by atoms with E-state index < -0.39 is 32.4 Å². The summed E-state index contributed by atoms with van der Waals surface area (Å²) in [4.78, 5) is 106. The number of likely N-dealkylation sites (tertiary alicyclic amines) is 1. The summed E-state index contributed by atoms with van der Waals surface area (Å²) in [5, 5.41) is 14.1. The summed E-state index contributed by atoms with van der Waals surface area (Å²) in [5.41, 5.74) is 8.13. The zero-order valence-electron chi connectivity index (χ0n) is 43.4. The van der Waals surface area contributed by atoms with Crippen LogP contribution < -0.4 is 30.3 Å². The number of hydrogen-bond acceptors (Lipinski definition) is 15. The fraction of sp³-hybridized carbons (Fsp3) is 0.463. The zero-order valence-corrected chi connectivity index (χ0v) is 44.3. The van der Waals surface area contributed by atoms with Crippen molar-refractivity contribution in [3.63, 3.8) is 0 Å². The molecule has 0 saturated carbocycles. The van der Waals surface area contributed by atoms with Crippen LogP contribution in [0.1, 0.15) is 89.7 Å². The summed E-state index contributed by atoms with van der Waals surface area (Å²) < 4.78 is 25.9. The summed E-state index contributed by atoms with van der Waals surface area (Å²) >= 11 is 0. The number of aryl methyl sites for hydroxylation is 1. The van der Waals surface area contributed by atoms with Crippen molar-refractivity contribution in [2.24, 2.45) is 12.5 Å². The molecule has 0 spiro atoms. The normalized spacial score (nSPS) is 23.2. The number of carbonyl (C=O) groups is 4. The van der Waals surface area contributed by atoms with E-state index in [9.17, 15) is 33.6 Å². The SMILES string of the molecule is C[C@H]1CN([C@H]2CCN3c4ccc5c(c4OC[C@H]3C2)CN([C@H]2CCC(=O)N(COP(=O)(O)O)C2=O)C5=O)CCN1c1ccc(Nc2cc(-c3ccnc(N4CCn5c(cc6c5CC(C)(C)C6)C4=O)c3CO)cn(C)c2=O)nc1. The van der Waals surface area contributed by atoms with Crippen molar-refractivity contribution in [3.8, 4) is 16.9 Å². The number of carbonyl (C=O) groups excluding carboxylic acids is 4. The molecule has 22 nitrogen and oxygen atoms in total.